The SMILES string of the molecule is COc1ccc(/C=C2/NC(=S)N(c3ccccc3)C2=O)cc1COc1ccc(F)cc1F. The monoisotopic (exact) mass is 452 g/mol. The summed E-state index contributed by atoms with van der Waals surface area (Å²) in [5, 5.41) is 3.23. The topological polar surface area (TPSA) is 50.8 Å². The highest BCUT2D eigenvalue weighted by Crippen LogP contribution is 2.26. The molecule has 0 aromatic heterocycles. The Balaban J connectivity index is 1.57. The summed E-state index contributed by atoms with van der Waals surface area (Å²) in [7, 11) is 1.51. The molecule has 0 spiro atoms. The summed E-state index contributed by atoms with van der Waals surface area (Å²) >= 11 is 5.33. The third-order valence-electron chi connectivity index (χ3n) is 4.79. The Hall–Kier alpha value is -3.78. The molecule has 162 valence electrons. The summed E-state index contributed by atoms with van der Waals surface area (Å²) in [5.74, 6) is -1.30. The van der Waals surface area contributed by atoms with Gasteiger partial charge in [0.1, 0.15) is 23.9 Å². The number of nitrogens with one attached hydrogen (secondary N) is 1. The number of halogens is 2. The van der Waals surface area contributed by atoms with Crippen molar-refractivity contribution >= 4 is 35.0 Å². The van der Waals surface area contributed by atoms with Crippen molar-refractivity contribution in [2.75, 3.05) is 12.0 Å². The van der Waals surface area contributed by atoms with E-state index < -0.39 is 11.6 Å². The van der Waals surface area contributed by atoms with E-state index in [0.717, 1.165) is 12.1 Å². The lowest BCUT2D eigenvalue weighted by molar-refractivity contribution is -0.113. The van der Waals surface area contributed by atoms with Crippen LogP contribution in [0.2, 0.25) is 0 Å². The van der Waals surface area contributed by atoms with Gasteiger partial charge >= 0.3 is 0 Å². The van der Waals surface area contributed by atoms with Gasteiger partial charge in [0.25, 0.3) is 5.91 Å². The number of anilines is 1. The van der Waals surface area contributed by atoms with Gasteiger partial charge in [-0.1, -0.05) is 24.3 Å². The van der Waals surface area contributed by atoms with Crippen molar-refractivity contribution in [3.05, 3.63) is 95.2 Å². The number of amides is 1. The van der Waals surface area contributed by atoms with Gasteiger partial charge in [-0.15, -0.1) is 0 Å². The van der Waals surface area contributed by atoms with Gasteiger partial charge in [0.05, 0.1) is 12.8 Å². The molecule has 8 heteroatoms. The molecule has 0 atom stereocenters. The van der Waals surface area contributed by atoms with Crippen molar-refractivity contribution in [3.63, 3.8) is 0 Å². The second kappa shape index (κ2) is 9.15. The standard InChI is InChI=1S/C24H18F2N2O3S/c1-30-21-9-7-15(11-16(21)14-31-22-10-8-17(25)13-19(22)26)12-20-23(29)28(24(32)27-20)18-5-3-2-4-6-18/h2-13H,14H2,1H3,(H,27,32)/b20-12+. The lowest BCUT2D eigenvalue weighted by atomic mass is 10.1. The highest BCUT2D eigenvalue weighted by Gasteiger charge is 2.31. The fourth-order valence-corrected chi connectivity index (χ4v) is 3.56. The van der Waals surface area contributed by atoms with Gasteiger partial charge in [0.2, 0.25) is 0 Å². The summed E-state index contributed by atoms with van der Waals surface area (Å²) in [4.78, 5) is 14.3. The van der Waals surface area contributed by atoms with Crippen LogP contribution in [-0.4, -0.2) is 18.1 Å². The third-order valence-corrected chi connectivity index (χ3v) is 5.07. The first-order chi connectivity index (χ1) is 15.5. The third kappa shape index (κ3) is 4.45. The number of methoxy groups -OCH3 is 1. The predicted molar refractivity (Wildman–Crippen MR) is 121 cm³/mol. The maximum Gasteiger partial charge on any atom is 0.281 e. The number of benzene rings is 3. The molecule has 4 rings (SSSR count). The Kier molecular flexibility index (Phi) is 6.13. The first kappa shape index (κ1) is 21.5. The molecule has 3 aromatic carbocycles. The number of carbonyl (C=O) groups is 1. The number of ether oxygens (including phenoxy) is 2. The Morgan fingerprint density at radius 1 is 1.03 bits per heavy atom. The lowest BCUT2D eigenvalue weighted by Gasteiger charge is -2.13. The second-order valence-electron chi connectivity index (χ2n) is 6.90. The minimum atomic E-state index is -0.794. The largest absolute Gasteiger partial charge is 0.496 e. The van der Waals surface area contributed by atoms with Gasteiger partial charge in [-0.3, -0.25) is 9.69 Å². The predicted octanol–water partition coefficient (Wildman–Crippen LogP) is 4.81. The quantitative estimate of drug-likeness (QED) is 0.430. The molecule has 0 radical (unpaired) electrons. The maximum absolute atomic E-state index is 13.9. The van der Waals surface area contributed by atoms with Crippen molar-refractivity contribution in [1.29, 1.82) is 0 Å². The number of hydrogen-bond donors (Lipinski definition) is 1. The van der Waals surface area contributed by atoms with Gasteiger partial charge in [-0.25, -0.2) is 8.78 Å². The van der Waals surface area contributed by atoms with Gasteiger partial charge < -0.3 is 14.8 Å². The zero-order valence-electron chi connectivity index (χ0n) is 17.0. The highest BCUT2D eigenvalue weighted by molar-refractivity contribution is 7.80. The Morgan fingerprint density at radius 3 is 2.50 bits per heavy atom. The number of carbonyl (C=O) groups excluding carboxylic acids is 1. The van der Waals surface area contributed by atoms with E-state index in [1.165, 1.54) is 18.1 Å². The molecule has 1 amide bonds. The first-order valence-corrected chi connectivity index (χ1v) is 10.0. The molecular weight excluding hydrogens is 434 g/mol. The van der Waals surface area contributed by atoms with Crippen LogP contribution >= 0.6 is 12.2 Å². The zero-order valence-corrected chi connectivity index (χ0v) is 17.8. The molecule has 1 aliphatic heterocycles. The number of para-hydroxylation sites is 1. The van der Waals surface area contributed by atoms with Gasteiger partial charge in [-0.05, 0) is 60.3 Å². The number of thiocarbonyl (C=S) groups is 1. The molecule has 0 saturated carbocycles. The van der Waals surface area contributed by atoms with Crippen LogP contribution in [-0.2, 0) is 11.4 Å². The molecule has 3 aromatic rings. The molecule has 1 N–H and O–H groups in total. The summed E-state index contributed by atoms with van der Waals surface area (Å²) in [6.45, 7) is -0.0152. The van der Waals surface area contributed by atoms with E-state index in [0.29, 0.717) is 28.3 Å². The molecule has 0 bridgehead atoms. The first-order valence-electron chi connectivity index (χ1n) is 9.63. The van der Waals surface area contributed by atoms with Gasteiger partial charge in [0.15, 0.2) is 16.7 Å². The summed E-state index contributed by atoms with van der Waals surface area (Å²) < 4.78 is 37.8. The highest BCUT2D eigenvalue weighted by atomic mass is 32.1. The lowest BCUT2D eigenvalue weighted by Crippen LogP contribution is -2.30. The van der Waals surface area contributed by atoms with Crippen LogP contribution in [0.25, 0.3) is 6.08 Å². The average Bonchev–Trinajstić information content (AvgIpc) is 3.06. The molecular formula is C24H18F2N2O3S. The normalized spacial score (nSPS) is 14.6. The smallest absolute Gasteiger partial charge is 0.281 e. The van der Waals surface area contributed by atoms with Crippen LogP contribution in [0, 0.1) is 11.6 Å². The van der Waals surface area contributed by atoms with Gasteiger partial charge in [0, 0.05) is 11.6 Å². The van der Waals surface area contributed by atoms with Crippen LogP contribution in [0.4, 0.5) is 14.5 Å². The minimum absolute atomic E-state index is 0.0152. The fourth-order valence-electron chi connectivity index (χ4n) is 3.26. The molecule has 0 aliphatic carbocycles. The van der Waals surface area contributed by atoms with Crippen LogP contribution in [0.3, 0.4) is 0 Å². The maximum atomic E-state index is 13.9. The Bertz CT molecular complexity index is 1220. The second-order valence-corrected chi connectivity index (χ2v) is 7.29. The molecule has 1 saturated heterocycles. The van der Waals surface area contributed by atoms with E-state index in [9.17, 15) is 13.6 Å². The Morgan fingerprint density at radius 2 is 1.78 bits per heavy atom. The van der Waals surface area contributed by atoms with E-state index in [-0.39, 0.29) is 23.4 Å². The van der Waals surface area contributed by atoms with Crippen molar-refractivity contribution in [1.82, 2.24) is 5.32 Å². The van der Waals surface area contributed by atoms with E-state index in [2.05, 4.69) is 5.32 Å². The van der Waals surface area contributed by atoms with E-state index in [1.807, 2.05) is 18.2 Å². The molecule has 1 fully saturated rings. The van der Waals surface area contributed by atoms with Crippen LogP contribution in [0.5, 0.6) is 11.5 Å². The summed E-state index contributed by atoms with van der Waals surface area (Å²) in [6.07, 6.45) is 1.67. The van der Waals surface area contributed by atoms with Crippen LogP contribution in [0.1, 0.15) is 11.1 Å². The average molecular weight is 452 g/mol. The molecule has 1 heterocycles. The molecule has 5 nitrogen and oxygen atoms in total. The number of rotatable bonds is 6. The summed E-state index contributed by atoms with van der Waals surface area (Å²) in [6, 6.07) is 17.5. The van der Waals surface area contributed by atoms with Gasteiger partial charge in [-0.2, -0.15) is 0 Å². The van der Waals surface area contributed by atoms with Crippen molar-refractivity contribution in [2.24, 2.45) is 0 Å². The molecule has 0 unspecified atom stereocenters. The minimum Gasteiger partial charge on any atom is -0.496 e. The van der Waals surface area contributed by atoms with E-state index in [4.69, 9.17) is 21.7 Å². The van der Waals surface area contributed by atoms with E-state index >= 15 is 0 Å². The number of hydrogen-bond acceptors (Lipinski definition) is 4. The zero-order chi connectivity index (χ0) is 22.7. The molecule has 32 heavy (non-hydrogen) atoms. The fraction of sp³-hybridized carbons (Fsp3) is 0.0833. The Labute approximate surface area is 188 Å². The number of nitrogens with zero attached hydrogens (tertiary/aromatic N) is 1. The molecule has 1 aliphatic rings. The van der Waals surface area contributed by atoms with E-state index in [1.54, 1.807) is 36.4 Å². The van der Waals surface area contributed by atoms with Crippen LogP contribution in [0.15, 0.2) is 72.4 Å². The van der Waals surface area contributed by atoms with Crippen molar-refractivity contribution < 1.29 is 23.0 Å². The van der Waals surface area contributed by atoms with Crippen molar-refractivity contribution in [3.8, 4) is 11.5 Å². The van der Waals surface area contributed by atoms with Crippen LogP contribution < -0.4 is 19.7 Å². The summed E-state index contributed by atoms with van der Waals surface area (Å²) in [5.41, 5.74) is 2.31. The van der Waals surface area contributed by atoms with Crippen molar-refractivity contribution in [2.45, 2.75) is 6.61 Å².